The lowest BCUT2D eigenvalue weighted by molar-refractivity contribution is 0.0722. The summed E-state index contributed by atoms with van der Waals surface area (Å²) in [6.07, 6.45) is 5.39. The van der Waals surface area contributed by atoms with Crippen molar-refractivity contribution in [2.24, 2.45) is 11.8 Å². The van der Waals surface area contributed by atoms with Gasteiger partial charge in [0.2, 0.25) is 0 Å². The summed E-state index contributed by atoms with van der Waals surface area (Å²) >= 11 is 0. The van der Waals surface area contributed by atoms with Crippen molar-refractivity contribution in [2.75, 3.05) is 7.05 Å². The van der Waals surface area contributed by atoms with Gasteiger partial charge in [-0.1, -0.05) is 13.3 Å². The highest BCUT2D eigenvalue weighted by atomic mass is 16.3. The molecule has 0 saturated heterocycles. The van der Waals surface area contributed by atoms with Crippen molar-refractivity contribution in [3.05, 3.63) is 51.9 Å². The van der Waals surface area contributed by atoms with Crippen LogP contribution in [-0.2, 0) is 6.42 Å². The van der Waals surface area contributed by atoms with Crippen LogP contribution < -0.4 is 5.56 Å². The third-order valence-corrected chi connectivity index (χ3v) is 6.50. The second-order valence-corrected chi connectivity index (χ2v) is 8.44. The third-order valence-electron chi connectivity index (χ3n) is 6.50. The number of carbonyl (C=O) groups excluding carboxylic acids is 1. The molecule has 4 atom stereocenters. The Labute approximate surface area is 165 Å². The number of amides is 1. The Morgan fingerprint density at radius 3 is 2.43 bits per heavy atom. The maximum absolute atomic E-state index is 12.9. The summed E-state index contributed by atoms with van der Waals surface area (Å²) in [5.41, 5.74) is 2.20. The quantitative estimate of drug-likeness (QED) is 0.833. The average molecular weight is 383 g/mol. The van der Waals surface area contributed by atoms with Gasteiger partial charge >= 0.3 is 0 Å². The van der Waals surface area contributed by atoms with Gasteiger partial charge in [0.25, 0.3) is 11.5 Å². The van der Waals surface area contributed by atoms with E-state index in [9.17, 15) is 14.7 Å². The average Bonchev–Trinajstić information content (AvgIpc) is 3.33. The standard InChI is InChI=1S/C22H29N3O3/c1-3-4-17-13-21(27)25(23-17)18-7-5-14(6-8-18)22(28)24(2)19-9-15-11-20(26)12-16(15)10-19/h5-8,13,15-16,19-20,23,26H,3-4,9-12H2,1-2H3/t15-,16+,19?,20?. The van der Waals surface area contributed by atoms with Crippen LogP contribution in [0.15, 0.2) is 35.1 Å². The molecule has 2 aromatic rings. The predicted molar refractivity (Wildman–Crippen MR) is 108 cm³/mol. The summed E-state index contributed by atoms with van der Waals surface area (Å²) in [4.78, 5) is 27.0. The molecule has 1 aromatic carbocycles. The van der Waals surface area contributed by atoms with Crippen LogP contribution in [0.1, 0.15) is 55.1 Å². The minimum atomic E-state index is -0.154. The molecule has 150 valence electrons. The normalized spacial score (nSPS) is 26.4. The fourth-order valence-electron chi connectivity index (χ4n) is 5.03. The zero-order valence-electron chi connectivity index (χ0n) is 16.6. The fourth-order valence-corrected chi connectivity index (χ4v) is 5.03. The molecule has 1 heterocycles. The Morgan fingerprint density at radius 2 is 1.82 bits per heavy atom. The highest BCUT2D eigenvalue weighted by molar-refractivity contribution is 5.94. The number of nitrogens with one attached hydrogen (secondary N) is 1. The van der Waals surface area contributed by atoms with E-state index in [0.29, 0.717) is 17.4 Å². The van der Waals surface area contributed by atoms with E-state index in [1.54, 1.807) is 18.2 Å². The second kappa shape index (κ2) is 7.59. The van der Waals surface area contributed by atoms with Gasteiger partial charge in [0.1, 0.15) is 0 Å². The number of aromatic nitrogens is 2. The first-order valence-corrected chi connectivity index (χ1v) is 10.3. The number of nitrogens with zero attached hydrogens (tertiary/aromatic N) is 2. The Balaban J connectivity index is 1.45. The molecule has 0 bridgehead atoms. The van der Waals surface area contributed by atoms with Gasteiger partial charge in [-0.25, -0.2) is 4.68 Å². The number of aliphatic hydroxyl groups is 1. The third kappa shape index (κ3) is 3.53. The topological polar surface area (TPSA) is 78.3 Å². The van der Waals surface area contributed by atoms with Crippen molar-refractivity contribution in [3.8, 4) is 5.69 Å². The van der Waals surface area contributed by atoms with Crippen LogP contribution in [0, 0.1) is 11.8 Å². The monoisotopic (exact) mass is 383 g/mol. The maximum Gasteiger partial charge on any atom is 0.271 e. The Morgan fingerprint density at radius 1 is 1.18 bits per heavy atom. The van der Waals surface area contributed by atoms with E-state index >= 15 is 0 Å². The second-order valence-electron chi connectivity index (χ2n) is 8.44. The van der Waals surface area contributed by atoms with Crippen molar-refractivity contribution in [1.82, 2.24) is 14.7 Å². The number of aromatic amines is 1. The van der Waals surface area contributed by atoms with Gasteiger partial charge in [0, 0.05) is 30.4 Å². The summed E-state index contributed by atoms with van der Waals surface area (Å²) in [5, 5.41) is 12.9. The summed E-state index contributed by atoms with van der Waals surface area (Å²) in [7, 11) is 1.88. The zero-order valence-corrected chi connectivity index (χ0v) is 16.6. The summed E-state index contributed by atoms with van der Waals surface area (Å²) in [5.74, 6) is 1.12. The van der Waals surface area contributed by atoms with Crippen LogP contribution in [0.3, 0.4) is 0 Å². The number of fused-ring (bicyclic) bond motifs is 1. The minimum Gasteiger partial charge on any atom is -0.393 e. The van der Waals surface area contributed by atoms with Gasteiger partial charge in [-0.15, -0.1) is 0 Å². The van der Waals surface area contributed by atoms with E-state index in [1.807, 2.05) is 24.1 Å². The molecule has 2 fully saturated rings. The lowest BCUT2D eigenvalue weighted by atomic mass is 10.0. The Hall–Kier alpha value is -2.34. The summed E-state index contributed by atoms with van der Waals surface area (Å²) in [6.45, 7) is 2.08. The number of aliphatic hydroxyl groups excluding tert-OH is 1. The smallest absolute Gasteiger partial charge is 0.271 e. The van der Waals surface area contributed by atoms with Crippen LogP contribution in [-0.4, -0.2) is 44.9 Å². The predicted octanol–water partition coefficient (Wildman–Crippen LogP) is 2.74. The summed E-state index contributed by atoms with van der Waals surface area (Å²) < 4.78 is 1.52. The lowest BCUT2D eigenvalue weighted by Crippen LogP contribution is -2.36. The highest BCUT2D eigenvalue weighted by Crippen LogP contribution is 2.45. The molecule has 0 spiro atoms. The SMILES string of the molecule is CCCc1cc(=O)n(-c2ccc(C(=O)N(C)C3C[C@H]4CC(O)C[C@H]4C3)cc2)[nH]1. The first kappa shape index (κ1) is 19.0. The van der Waals surface area contributed by atoms with Crippen LogP contribution in [0.4, 0.5) is 0 Å². The molecule has 6 nitrogen and oxygen atoms in total. The molecular formula is C22H29N3O3. The van der Waals surface area contributed by atoms with Gasteiger partial charge in [-0.3, -0.25) is 14.7 Å². The molecule has 0 radical (unpaired) electrons. The van der Waals surface area contributed by atoms with E-state index in [-0.39, 0.29) is 23.6 Å². The maximum atomic E-state index is 12.9. The van der Waals surface area contributed by atoms with E-state index in [0.717, 1.165) is 49.9 Å². The molecule has 2 aliphatic rings. The van der Waals surface area contributed by atoms with E-state index in [1.165, 1.54) is 4.68 Å². The molecule has 2 saturated carbocycles. The largest absolute Gasteiger partial charge is 0.393 e. The number of carbonyl (C=O) groups is 1. The number of hydrogen-bond acceptors (Lipinski definition) is 3. The van der Waals surface area contributed by atoms with Gasteiger partial charge in [0.05, 0.1) is 11.8 Å². The Bertz CT molecular complexity index is 884. The van der Waals surface area contributed by atoms with Crippen LogP contribution in [0.2, 0.25) is 0 Å². The lowest BCUT2D eigenvalue weighted by Gasteiger charge is -2.25. The van der Waals surface area contributed by atoms with Crippen molar-refractivity contribution < 1.29 is 9.90 Å². The molecular weight excluding hydrogens is 354 g/mol. The number of H-pyrrole nitrogens is 1. The van der Waals surface area contributed by atoms with Crippen LogP contribution in [0.25, 0.3) is 5.69 Å². The van der Waals surface area contributed by atoms with Crippen molar-refractivity contribution in [2.45, 2.75) is 57.6 Å². The van der Waals surface area contributed by atoms with Gasteiger partial charge in [-0.05, 0) is 68.2 Å². The van der Waals surface area contributed by atoms with Gasteiger partial charge in [-0.2, -0.15) is 0 Å². The minimum absolute atomic E-state index is 0.0163. The van der Waals surface area contributed by atoms with E-state index < -0.39 is 0 Å². The van der Waals surface area contributed by atoms with Crippen molar-refractivity contribution >= 4 is 5.91 Å². The van der Waals surface area contributed by atoms with Crippen molar-refractivity contribution in [1.29, 1.82) is 0 Å². The first-order chi connectivity index (χ1) is 13.5. The van der Waals surface area contributed by atoms with Gasteiger partial charge < -0.3 is 10.0 Å². The molecule has 2 unspecified atom stereocenters. The number of hydrogen-bond donors (Lipinski definition) is 2. The van der Waals surface area contributed by atoms with E-state index in [2.05, 4.69) is 12.0 Å². The molecule has 2 aliphatic carbocycles. The number of aryl methyl sites for hydroxylation is 1. The molecule has 28 heavy (non-hydrogen) atoms. The number of benzene rings is 1. The molecule has 4 rings (SSSR count). The van der Waals surface area contributed by atoms with Crippen LogP contribution in [0.5, 0.6) is 0 Å². The molecule has 0 aliphatic heterocycles. The van der Waals surface area contributed by atoms with E-state index in [4.69, 9.17) is 0 Å². The fraction of sp³-hybridized carbons (Fsp3) is 0.545. The first-order valence-electron chi connectivity index (χ1n) is 10.3. The molecule has 2 N–H and O–H groups in total. The Kier molecular flexibility index (Phi) is 5.15. The van der Waals surface area contributed by atoms with Crippen molar-refractivity contribution in [3.63, 3.8) is 0 Å². The molecule has 1 aromatic heterocycles. The highest BCUT2D eigenvalue weighted by Gasteiger charge is 2.43. The number of rotatable bonds is 5. The molecule has 6 heteroatoms. The summed E-state index contributed by atoms with van der Waals surface area (Å²) in [6, 6.07) is 9.09. The van der Waals surface area contributed by atoms with Gasteiger partial charge in [0.15, 0.2) is 0 Å². The zero-order chi connectivity index (χ0) is 19.8. The van der Waals surface area contributed by atoms with Crippen LogP contribution >= 0.6 is 0 Å². The molecule has 1 amide bonds.